The fourth-order valence-corrected chi connectivity index (χ4v) is 2.85. The first-order valence-corrected chi connectivity index (χ1v) is 7.95. The second-order valence-electron chi connectivity index (χ2n) is 5.05. The van der Waals surface area contributed by atoms with Crippen LogP contribution in [0.25, 0.3) is 0 Å². The van der Waals surface area contributed by atoms with Crippen molar-refractivity contribution in [3.63, 3.8) is 0 Å². The molecule has 3 N–H and O–H groups in total. The van der Waals surface area contributed by atoms with Gasteiger partial charge in [0.15, 0.2) is 5.82 Å². The van der Waals surface area contributed by atoms with E-state index in [2.05, 4.69) is 10.4 Å². The first-order valence-electron chi connectivity index (χ1n) is 6.41. The predicted molar refractivity (Wildman–Crippen MR) is 75.2 cm³/mol. The van der Waals surface area contributed by atoms with Crippen molar-refractivity contribution in [1.29, 1.82) is 0 Å². The van der Waals surface area contributed by atoms with Crippen molar-refractivity contribution in [2.24, 2.45) is 12.2 Å². The molecule has 0 unspecified atom stereocenters. The quantitative estimate of drug-likeness (QED) is 0.854. The van der Waals surface area contributed by atoms with Crippen molar-refractivity contribution in [2.45, 2.75) is 23.8 Å². The maximum atomic E-state index is 12.3. The van der Waals surface area contributed by atoms with Gasteiger partial charge < -0.3 is 9.88 Å². The number of aryl methyl sites for hydroxylation is 1. The molecule has 21 heavy (non-hydrogen) atoms. The molecule has 112 valence electrons. The van der Waals surface area contributed by atoms with E-state index in [4.69, 9.17) is 5.14 Å². The van der Waals surface area contributed by atoms with Crippen molar-refractivity contribution >= 4 is 21.7 Å². The second kappa shape index (κ2) is 4.71. The summed E-state index contributed by atoms with van der Waals surface area (Å²) in [6.45, 7) is 0. The summed E-state index contributed by atoms with van der Waals surface area (Å²) in [7, 11) is -2.39. The zero-order valence-corrected chi connectivity index (χ0v) is 12.2. The Bertz CT molecular complexity index is 801. The summed E-state index contributed by atoms with van der Waals surface area (Å²) in [5.41, 5.74) is 0.475. The van der Waals surface area contributed by atoms with Gasteiger partial charge in [-0.3, -0.25) is 9.48 Å². The summed E-state index contributed by atoms with van der Waals surface area (Å²) in [5, 5.41) is 11.6. The lowest BCUT2D eigenvalue weighted by Crippen LogP contribution is -2.20. The predicted octanol–water partition coefficient (Wildman–Crippen LogP) is 0.456. The smallest absolute Gasteiger partial charge is 0.273 e. The Labute approximate surface area is 121 Å². The number of amides is 1. The number of nitrogens with two attached hydrogens (primary N) is 1. The maximum Gasteiger partial charge on any atom is 0.273 e. The SMILES string of the molecule is Cn1cc(S(N)(=O)=O)c(NC(=O)c2cccn2C2CC2)n1. The number of anilines is 1. The fourth-order valence-electron chi connectivity index (χ4n) is 2.19. The number of nitrogens with one attached hydrogen (secondary N) is 1. The number of primary sulfonamides is 1. The Morgan fingerprint density at radius 1 is 1.48 bits per heavy atom. The molecule has 0 saturated heterocycles. The third-order valence-electron chi connectivity index (χ3n) is 3.29. The van der Waals surface area contributed by atoms with Gasteiger partial charge in [0.2, 0.25) is 10.0 Å². The molecule has 0 spiro atoms. The van der Waals surface area contributed by atoms with E-state index >= 15 is 0 Å². The van der Waals surface area contributed by atoms with Gasteiger partial charge in [-0.2, -0.15) is 5.10 Å². The van der Waals surface area contributed by atoms with Gasteiger partial charge in [-0.1, -0.05) is 0 Å². The molecule has 0 aromatic carbocycles. The molecule has 1 aliphatic rings. The van der Waals surface area contributed by atoms with Crippen LogP contribution in [0.5, 0.6) is 0 Å². The molecule has 9 heteroatoms. The molecular formula is C12H15N5O3S. The number of rotatable bonds is 4. The molecule has 1 amide bonds. The van der Waals surface area contributed by atoms with Crippen molar-refractivity contribution in [3.05, 3.63) is 30.2 Å². The Kier molecular flexibility index (Phi) is 3.10. The van der Waals surface area contributed by atoms with E-state index in [9.17, 15) is 13.2 Å². The van der Waals surface area contributed by atoms with Crippen LogP contribution in [-0.4, -0.2) is 28.7 Å². The van der Waals surface area contributed by atoms with Crippen LogP contribution >= 0.6 is 0 Å². The van der Waals surface area contributed by atoms with Gasteiger partial charge in [0.1, 0.15) is 10.6 Å². The highest BCUT2D eigenvalue weighted by atomic mass is 32.2. The molecule has 0 atom stereocenters. The Balaban J connectivity index is 1.90. The maximum absolute atomic E-state index is 12.3. The minimum atomic E-state index is -3.95. The van der Waals surface area contributed by atoms with Crippen LogP contribution in [0.3, 0.4) is 0 Å². The summed E-state index contributed by atoms with van der Waals surface area (Å²) in [5.74, 6) is -0.468. The lowest BCUT2D eigenvalue weighted by atomic mass is 10.4. The molecular weight excluding hydrogens is 294 g/mol. The topological polar surface area (TPSA) is 112 Å². The first-order chi connectivity index (χ1) is 9.86. The minimum absolute atomic E-state index is 0.0615. The highest BCUT2D eigenvalue weighted by Gasteiger charge is 2.28. The third kappa shape index (κ3) is 2.69. The Morgan fingerprint density at radius 3 is 2.81 bits per heavy atom. The van der Waals surface area contributed by atoms with E-state index in [-0.39, 0.29) is 10.7 Å². The van der Waals surface area contributed by atoms with Crippen molar-refractivity contribution in [1.82, 2.24) is 14.3 Å². The standard InChI is InChI=1S/C12H15N5O3S/c1-16-7-10(21(13,19)20)11(15-16)14-12(18)9-3-2-6-17(9)8-4-5-8/h2-3,6-8H,4-5H2,1H3,(H2,13,19,20)(H,14,15,18). The average molecular weight is 309 g/mol. The molecule has 1 saturated carbocycles. The van der Waals surface area contributed by atoms with Gasteiger partial charge in [0, 0.05) is 25.5 Å². The fraction of sp³-hybridized carbons (Fsp3) is 0.333. The van der Waals surface area contributed by atoms with E-state index in [0.717, 1.165) is 12.8 Å². The summed E-state index contributed by atoms with van der Waals surface area (Å²) < 4.78 is 26.1. The van der Waals surface area contributed by atoms with E-state index in [1.807, 2.05) is 10.8 Å². The minimum Gasteiger partial charge on any atom is -0.340 e. The van der Waals surface area contributed by atoms with Crippen LogP contribution in [0.15, 0.2) is 29.4 Å². The van der Waals surface area contributed by atoms with E-state index in [1.165, 1.54) is 10.9 Å². The number of hydrogen-bond donors (Lipinski definition) is 2. The molecule has 3 rings (SSSR count). The van der Waals surface area contributed by atoms with Crippen LogP contribution in [0, 0.1) is 0 Å². The molecule has 1 aliphatic carbocycles. The van der Waals surface area contributed by atoms with Crippen LogP contribution in [0.4, 0.5) is 5.82 Å². The molecule has 0 bridgehead atoms. The normalized spacial score (nSPS) is 15.1. The molecule has 0 radical (unpaired) electrons. The lowest BCUT2D eigenvalue weighted by molar-refractivity contribution is 0.101. The highest BCUT2D eigenvalue weighted by Crippen LogP contribution is 2.36. The number of hydrogen-bond acceptors (Lipinski definition) is 4. The van der Waals surface area contributed by atoms with Crippen LogP contribution in [0.1, 0.15) is 29.4 Å². The first kappa shape index (κ1) is 13.8. The third-order valence-corrected chi connectivity index (χ3v) is 4.20. The zero-order chi connectivity index (χ0) is 15.2. The van der Waals surface area contributed by atoms with Crippen LogP contribution in [0.2, 0.25) is 0 Å². The molecule has 2 aromatic rings. The second-order valence-corrected chi connectivity index (χ2v) is 6.58. The van der Waals surface area contributed by atoms with Gasteiger partial charge in [0.05, 0.1) is 0 Å². The molecule has 2 aromatic heterocycles. The van der Waals surface area contributed by atoms with Gasteiger partial charge in [0.25, 0.3) is 5.91 Å². The van der Waals surface area contributed by atoms with E-state index in [0.29, 0.717) is 11.7 Å². The molecule has 2 heterocycles. The summed E-state index contributed by atoms with van der Waals surface area (Å²) in [4.78, 5) is 12.1. The molecule has 0 aliphatic heterocycles. The number of nitrogens with zero attached hydrogens (tertiary/aromatic N) is 3. The Morgan fingerprint density at radius 2 is 2.19 bits per heavy atom. The van der Waals surface area contributed by atoms with E-state index < -0.39 is 15.9 Å². The van der Waals surface area contributed by atoms with Crippen LogP contribution < -0.4 is 10.5 Å². The summed E-state index contributed by atoms with van der Waals surface area (Å²) in [6, 6.07) is 3.82. The number of carbonyl (C=O) groups is 1. The number of carbonyl (C=O) groups excluding carboxylic acids is 1. The monoisotopic (exact) mass is 309 g/mol. The number of sulfonamides is 1. The van der Waals surface area contributed by atoms with Crippen molar-refractivity contribution in [3.8, 4) is 0 Å². The number of aromatic nitrogens is 3. The largest absolute Gasteiger partial charge is 0.340 e. The lowest BCUT2D eigenvalue weighted by Gasteiger charge is -2.08. The van der Waals surface area contributed by atoms with Crippen molar-refractivity contribution in [2.75, 3.05) is 5.32 Å². The van der Waals surface area contributed by atoms with Gasteiger partial charge in [-0.15, -0.1) is 0 Å². The Hall–Kier alpha value is -2.13. The van der Waals surface area contributed by atoms with Crippen LogP contribution in [-0.2, 0) is 17.1 Å². The molecule has 8 nitrogen and oxygen atoms in total. The van der Waals surface area contributed by atoms with Crippen molar-refractivity contribution < 1.29 is 13.2 Å². The van der Waals surface area contributed by atoms with Gasteiger partial charge in [-0.25, -0.2) is 13.6 Å². The summed E-state index contributed by atoms with van der Waals surface area (Å²) in [6.07, 6.45) is 5.18. The van der Waals surface area contributed by atoms with Gasteiger partial charge >= 0.3 is 0 Å². The van der Waals surface area contributed by atoms with Gasteiger partial charge in [-0.05, 0) is 25.0 Å². The zero-order valence-electron chi connectivity index (χ0n) is 11.4. The van der Waals surface area contributed by atoms with E-state index in [1.54, 1.807) is 19.2 Å². The average Bonchev–Trinajstić information content (AvgIpc) is 2.97. The summed E-state index contributed by atoms with van der Waals surface area (Å²) >= 11 is 0. The highest BCUT2D eigenvalue weighted by molar-refractivity contribution is 7.89. The molecule has 1 fully saturated rings.